The minimum Gasteiger partial charge on any atom is -0.465 e. The minimum absolute atomic E-state index is 0.286. The Bertz CT molecular complexity index is 604. The second-order valence-electron chi connectivity index (χ2n) is 4.77. The van der Waals surface area contributed by atoms with Crippen molar-refractivity contribution < 1.29 is 14.1 Å². The molecule has 0 fully saturated rings. The number of esters is 1. The molecule has 1 aliphatic rings. The van der Waals surface area contributed by atoms with Gasteiger partial charge < -0.3 is 4.74 Å². The van der Waals surface area contributed by atoms with Gasteiger partial charge in [0.2, 0.25) is 0 Å². The van der Waals surface area contributed by atoms with E-state index in [1.54, 1.807) is 0 Å². The second kappa shape index (κ2) is 4.84. The number of carbonyl (C=O) groups excluding carboxylic acids is 1. The molecule has 96 valence electrons. The molecule has 0 saturated carbocycles. The molecule has 1 aromatic carbocycles. The van der Waals surface area contributed by atoms with Crippen molar-refractivity contribution in [3.8, 4) is 0 Å². The molecule has 2 heterocycles. The molecule has 3 nitrogen and oxygen atoms in total. The summed E-state index contributed by atoms with van der Waals surface area (Å²) < 4.78 is 7.03. The summed E-state index contributed by atoms with van der Waals surface area (Å²) in [5.74, 6) is -0.286. The number of aryl methyl sites for hydroxylation is 1. The first kappa shape index (κ1) is 11.9. The van der Waals surface area contributed by atoms with Gasteiger partial charge in [-0.3, -0.25) is 0 Å². The predicted molar refractivity (Wildman–Crippen MR) is 70.9 cm³/mol. The average Bonchev–Trinajstić information content (AvgIpc) is 2.90. The third kappa shape index (κ3) is 2.12. The Morgan fingerprint density at radius 1 is 1.21 bits per heavy atom. The van der Waals surface area contributed by atoms with Crippen LogP contribution in [0.3, 0.4) is 0 Å². The molecule has 0 spiro atoms. The molecule has 0 unspecified atom stereocenters. The van der Waals surface area contributed by atoms with Gasteiger partial charge in [-0.2, -0.15) is 4.57 Å². The molecule has 0 N–H and O–H groups in total. The molecular weight excluding hydrogens is 238 g/mol. The summed E-state index contributed by atoms with van der Waals surface area (Å²) in [5, 5.41) is 0. The van der Waals surface area contributed by atoms with Crippen molar-refractivity contribution in [3.63, 3.8) is 0 Å². The number of ether oxygens (including phenoxy) is 1. The number of hydrogen-bond acceptors (Lipinski definition) is 2. The number of hydrogen-bond donors (Lipinski definition) is 0. The van der Waals surface area contributed by atoms with Crippen molar-refractivity contribution in [2.24, 2.45) is 0 Å². The van der Waals surface area contributed by atoms with Crippen LogP contribution in [-0.2, 0) is 11.2 Å². The topological polar surface area (TPSA) is 30.2 Å². The summed E-state index contributed by atoms with van der Waals surface area (Å²) in [4.78, 5) is 11.4. The molecule has 1 aromatic heterocycles. The van der Waals surface area contributed by atoms with Crippen molar-refractivity contribution in [1.82, 2.24) is 0 Å². The van der Waals surface area contributed by atoms with Crippen LogP contribution >= 0.6 is 0 Å². The van der Waals surface area contributed by atoms with E-state index in [1.165, 1.54) is 18.4 Å². The molecule has 1 aliphatic heterocycles. The van der Waals surface area contributed by atoms with E-state index < -0.39 is 0 Å². The van der Waals surface area contributed by atoms with E-state index in [2.05, 4.69) is 29.0 Å². The van der Waals surface area contributed by atoms with E-state index >= 15 is 0 Å². The summed E-state index contributed by atoms with van der Waals surface area (Å²) in [7, 11) is 1.40. The van der Waals surface area contributed by atoms with Crippen molar-refractivity contribution in [1.29, 1.82) is 0 Å². The number of aromatic nitrogens is 1. The zero-order chi connectivity index (χ0) is 13.2. The second-order valence-corrected chi connectivity index (χ2v) is 4.77. The predicted octanol–water partition coefficient (Wildman–Crippen LogP) is 2.30. The number of carbonyl (C=O) groups is 1. The third-order valence-electron chi connectivity index (χ3n) is 3.70. The highest BCUT2D eigenvalue weighted by Gasteiger charge is 2.30. The molecule has 19 heavy (non-hydrogen) atoms. The number of benzene rings is 1. The van der Waals surface area contributed by atoms with Crippen LogP contribution in [0.5, 0.6) is 0 Å². The Morgan fingerprint density at radius 3 is 2.74 bits per heavy atom. The van der Waals surface area contributed by atoms with E-state index in [9.17, 15) is 4.79 Å². The van der Waals surface area contributed by atoms with Gasteiger partial charge in [0, 0.05) is 30.5 Å². The number of nitrogens with zero attached hydrogens (tertiary/aromatic N) is 1. The number of rotatable bonds is 2. The molecular formula is C16H16NO2+. The monoisotopic (exact) mass is 254 g/mol. The molecule has 0 bridgehead atoms. The van der Waals surface area contributed by atoms with Gasteiger partial charge in [-0.25, -0.2) is 4.79 Å². The summed E-state index contributed by atoms with van der Waals surface area (Å²) in [5.41, 5.74) is 3.20. The van der Waals surface area contributed by atoms with Gasteiger partial charge in [0.05, 0.1) is 12.7 Å². The van der Waals surface area contributed by atoms with Crippen molar-refractivity contribution in [3.05, 3.63) is 65.5 Å². The van der Waals surface area contributed by atoms with Gasteiger partial charge in [0.15, 0.2) is 17.9 Å². The maximum Gasteiger partial charge on any atom is 0.337 e. The van der Waals surface area contributed by atoms with E-state index in [-0.39, 0.29) is 5.97 Å². The summed E-state index contributed by atoms with van der Waals surface area (Å²) in [6.07, 6.45) is 4.34. The zero-order valence-corrected chi connectivity index (χ0v) is 10.9. The van der Waals surface area contributed by atoms with Crippen LogP contribution in [0.4, 0.5) is 0 Å². The van der Waals surface area contributed by atoms with Crippen LogP contribution in [0.25, 0.3) is 0 Å². The van der Waals surface area contributed by atoms with Crippen molar-refractivity contribution in [2.45, 2.75) is 18.9 Å². The number of pyridine rings is 1. The van der Waals surface area contributed by atoms with E-state index in [0.717, 1.165) is 12.8 Å². The molecule has 2 aromatic rings. The highest BCUT2D eigenvalue weighted by atomic mass is 16.5. The smallest absolute Gasteiger partial charge is 0.337 e. The van der Waals surface area contributed by atoms with Crippen LogP contribution in [0, 0.1) is 0 Å². The first-order chi connectivity index (χ1) is 9.29. The van der Waals surface area contributed by atoms with Crippen LogP contribution in [0.15, 0.2) is 48.7 Å². The Morgan fingerprint density at radius 2 is 2.00 bits per heavy atom. The third-order valence-corrected chi connectivity index (χ3v) is 3.70. The van der Waals surface area contributed by atoms with Crippen LogP contribution in [0.2, 0.25) is 0 Å². The lowest BCUT2D eigenvalue weighted by atomic mass is 10.0. The van der Waals surface area contributed by atoms with Crippen molar-refractivity contribution in [2.75, 3.05) is 7.11 Å². The van der Waals surface area contributed by atoms with E-state index in [4.69, 9.17) is 4.74 Å². The standard InChI is InChI=1S/C16H16NO2/c1-19-16(18)13-7-5-12(6-8-13)15-10-9-14-4-2-3-11-17(14)15/h2-8,11,15H,9-10H2,1H3/q+1/t15-/m0/s1. The van der Waals surface area contributed by atoms with Gasteiger partial charge >= 0.3 is 5.97 Å². The van der Waals surface area contributed by atoms with Gasteiger partial charge in [-0.1, -0.05) is 18.2 Å². The van der Waals surface area contributed by atoms with Gasteiger partial charge in [0.25, 0.3) is 0 Å². The summed E-state index contributed by atoms with van der Waals surface area (Å²) >= 11 is 0. The molecule has 0 amide bonds. The van der Waals surface area contributed by atoms with Crippen molar-refractivity contribution >= 4 is 5.97 Å². The molecule has 1 atom stereocenters. The average molecular weight is 254 g/mol. The Kier molecular flexibility index (Phi) is 3.03. The lowest BCUT2D eigenvalue weighted by Gasteiger charge is -2.07. The zero-order valence-electron chi connectivity index (χ0n) is 10.9. The maximum absolute atomic E-state index is 11.4. The molecule has 0 aliphatic carbocycles. The fraction of sp³-hybridized carbons (Fsp3) is 0.250. The fourth-order valence-electron chi connectivity index (χ4n) is 2.72. The van der Waals surface area contributed by atoms with Crippen LogP contribution < -0.4 is 4.57 Å². The summed E-state index contributed by atoms with van der Waals surface area (Å²) in [6, 6.07) is 14.4. The molecule has 3 heteroatoms. The Labute approximate surface area is 112 Å². The normalized spacial score (nSPS) is 17.0. The molecule has 0 radical (unpaired) electrons. The molecule has 0 saturated heterocycles. The largest absolute Gasteiger partial charge is 0.465 e. The number of methoxy groups -OCH3 is 1. The van der Waals surface area contributed by atoms with Crippen LogP contribution in [-0.4, -0.2) is 13.1 Å². The van der Waals surface area contributed by atoms with Gasteiger partial charge in [-0.05, 0) is 12.1 Å². The minimum atomic E-state index is -0.286. The van der Waals surface area contributed by atoms with Gasteiger partial charge in [0.1, 0.15) is 0 Å². The molecule has 3 rings (SSSR count). The maximum atomic E-state index is 11.4. The van der Waals surface area contributed by atoms with Gasteiger partial charge in [-0.15, -0.1) is 0 Å². The SMILES string of the molecule is COC(=O)c1ccc([C@@H]2CCc3cccc[n+]32)cc1. The van der Waals surface area contributed by atoms with Crippen LogP contribution in [0.1, 0.15) is 34.1 Å². The quantitative estimate of drug-likeness (QED) is 0.608. The lowest BCUT2D eigenvalue weighted by molar-refractivity contribution is -0.707. The van der Waals surface area contributed by atoms with E-state index in [0.29, 0.717) is 11.6 Å². The Hall–Kier alpha value is -2.16. The van der Waals surface area contributed by atoms with E-state index in [1.807, 2.05) is 24.3 Å². The first-order valence-corrected chi connectivity index (χ1v) is 6.47. The highest BCUT2D eigenvalue weighted by Crippen LogP contribution is 2.24. The number of fused-ring (bicyclic) bond motifs is 1. The Balaban J connectivity index is 1.90. The summed E-state index contributed by atoms with van der Waals surface area (Å²) in [6.45, 7) is 0. The highest BCUT2D eigenvalue weighted by molar-refractivity contribution is 5.89. The first-order valence-electron chi connectivity index (χ1n) is 6.47. The fourth-order valence-corrected chi connectivity index (χ4v) is 2.72. The lowest BCUT2D eigenvalue weighted by Crippen LogP contribution is -2.37.